The van der Waals surface area contributed by atoms with Crippen molar-refractivity contribution in [2.24, 2.45) is 0 Å². The lowest BCUT2D eigenvalue weighted by Crippen LogP contribution is -2.36. The third-order valence-corrected chi connectivity index (χ3v) is 5.72. The first kappa shape index (κ1) is 12.1. The largest absolute Gasteiger partial charge is 0.493 e. The van der Waals surface area contributed by atoms with E-state index in [9.17, 15) is 5.11 Å². The lowest BCUT2D eigenvalue weighted by Gasteiger charge is -2.28. The number of hydrogen-bond donors (Lipinski definition) is 1. The van der Waals surface area contributed by atoms with Crippen LogP contribution in [0.4, 0.5) is 0 Å². The van der Waals surface area contributed by atoms with E-state index in [1.54, 1.807) is 7.11 Å². The average molecular weight is 285 g/mol. The van der Waals surface area contributed by atoms with Crippen molar-refractivity contribution in [2.45, 2.75) is 36.5 Å². The molecule has 4 aliphatic rings. The SMILES string of the molecule is COc1ccc2c3c1OC14CC(O)C=C(CN(C)C2)C31C4. The van der Waals surface area contributed by atoms with Crippen molar-refractivity contribution in [2.75, 3.05) is 20.7 Å². The number of rotatable bonds is 1. The third kappa shape index (κ3) is 1.21. The highest BCUT2D eigenvalue weighted by Crippen LogP contribution is 2.75. The van der Waals surface area contributed by atoms with Crippen molar-refractivity contribution in [1.82, 2.24) is 4.90 Å². The highest BCUT2D eigenvalue weighted by molar-refractivity contribution is 5.70. The predicted molar refractivity (Wildman–Crippen MR) is 77.7 cm³/mol. The van der Waals surface area contributed by atoms with E-state index in [0.29, 0.717) is 6.42 Å². The fourth-order valence-corrected chi connectivity index (χ4v) is 4.94. The van der Waals surface area contributed by atoms with Gasteiger partial charge < -0.3 is 14.6 Å². The van der Waals surface area contributed by atoms with Gasteiger partial charge in [-0.1, -0.05) is 12.1 Å². The summed E-state index contributed by atoms with van der Waals surface area (Å²) in [6.07, 6.45) is 3.36. The summed E-state index contributed by atoms with van der Waals surface area (Å²) in [5, 5.41) is 10.2. The molecule has 1 spiro atoms. The Bertz CT molecular complexity index is 698. The van der Waals surface area contributed by atoms with Crippen molar-refractivity contribution < 1.29 is 14.6 Å². The molecule has 0 saturated heterocycles. The van der Waals surface area contributed by atoms with Crippen LogP contribution >= 0.6 is 0 Å². The Morgan fingerprint density at radius 1 is 1.38 bits per heavy atom. The molecule has 1 aromatic rings. The van der Waals surface area contributed by atoms with Crippen molar-refractivity contribution in [3.05, 3.63) is 34.9 Å². The zero-order valence-corrected chi connectivity index (χ0v) is 12.3. The van der Waals surface area contributed by atoms with Gasteiger partial charge in [-0.05, 0) is 24.3 Å². The van der Waals surface area contributed by atoms with Gasteiger partial charge in [0.1, 0.15) is 5.60 Å². The van der Waals surface area contributed by atoms with E-state index >= 15 is 0 Å². The van der Waals surface area contributed by atoms with Crippen molar-refractivity contribution in [1.29, 1.82) is 0 Å². The molecule has 2 aliphatic carbocycles. The molecule has 0 amide bonds. The van der Waals surface area contributed by atoms with Crippen molar-refractivity contribution in [3.8, 4) is 11.5 Å². The van der Waals surface area contributed by atoms with Crippen LogP contribution in [0.25, 0.3) is 0 Å². The summed E-state index contributed by atoms with van der Waals surface area (Å²) < 4.78 is 11.9. The van der Waals surface area contributed by atoms with Crippen LogP contribution in [0.5, 0.6) is 11.5 Å². The number of ether oxygens (including phenoxy) is 2. The van der Waals surface area contributed by atoms with Crippen LogP contribution in [0.15, 0.2) is 23.8 Å². The number of nitrogens with zero attached hydrogens (tertiary/aromatic N) is 1. The fourth-order valence-electron chi connectivity index (χ4n) is 4.94. The maximum absolute atomic E-state index is 10.2. The molecule has 2 aliphatic heterocycles. The van der Waals surface area contributed by atoms with Gasteiger partial charge >= 0.3 is 0 Å². The van der Waals surface area contributed by atoms with Gasteiger partial charge in [0, 0.05) is 31.5 Å². The molecule has 3 atom stereocenters. The molecule has 0 aromatic heterocycles. The Morgan fingerprint density at radius 3 is 3.05 bits per heavy atom. The topological polar surface area (TPSA) is 41.9 Å². The van der Waals surface area contributed by atoms with Gasteiger partial charge in [0.2, 0.25) is 0 Å². The molecule has 1 fully saturated rings. The first-order valence-corrected chi connectivity index (χ1v) is 7.57. The molecule has 110 valence electrons. The molecule has 3 unspecified atom stereocenters. The van der Waals surface area contributed by atoms with Gasteiger partial charge in [0.05, 0.1) is 18.6 Å². The number of aliphatic hydroxyl groups is 1. The Kier molecular flexibility index (Phi) is 1.98. The van der Waals surface area contributed by atoms with E-state index < -0.39 is 6.10 Å². The Labute approximate surface area is 124 Å². The second-order valence-electron chi connectivity index (χ2n) is 6.95. The standard InChI is InChI=1S/C17H19NO3/c1-18-7-10-3-4-13(20-2)15-14(10)17-9-16(17,21-15)6-12(19)5-11(17)8-18/h3-5,12,19H,6-9H2,1-2H3. The van der Waals surface area contributed by atoms with E-state index in [2.05, 4.69) is 24.1 Å². The summed E-state index contributed by atoms with van der Waals surface area (Å²) >= 11 is 0. The summed E-state index contributed by atoms with van der Waals surface area (Å²) in [5.74, 6) is 1.73. The average Bonchev–Trinajstić information content (AvgIpc) is 3.01. The maximum atomic E-state index is 10.2. The summed E-state index contributed by atoms with van der Waals surface area (Å²) in [6.45, 7) is 1.82. The summed E-state index contributed by atoms with van der Waals surface area (Å²) in [7, 11) is 3.83. The highest BCUT2D eigenvalue weighted by atomic mass is 16.5. The van der Waals surface area contributed by atoms with Crippen LogP contribution in [0.2, 0.25) is 0 Å². The molecule has 0 bridgehead atoms. The molecule has 1 aromatic carbocycles. The molecule has 1 saturated carbocycles. The van der Waals surface area contributed by atoms with Gasteiger partial charge in [-0.2, -0.15) is 0 Å². The van der Waals surface area contributed by atoms with Crippen molar-refractivity contribution >= 4 is 0 Å². The van der Waals surface area contributed by atoms with Crippen LogP contribution in [-0.2, 0) is 12.0 Å². The highest BCUT2D eigenvalue weighted by Gasteiger charge is 2.79. The normalized spacial score (nSPS) is 38.8. The zero-order chi connectivity index (χ0) is 14.4. The Morgan fingerprint density at radius 2 is 2.24 bits per heavy atom. The molecule has 1 N–H and O–H groups in total. The number of benzene rings is 1. The van der Waals surface area contributed by atoms with Gasteiger partial charge in [-0.25, -0.2) is 0 Å². The number of methoxy groups -OCH3 is 1. The molecule has 5 rings (SSSR count). The molecule has 4 heteroatoms. The molecule has 2 heterocycles. The van der Waals surface area contributed by atoms with Gasteiger partial charge in [-0.15, -0.1) is 0 Å². The van der Waals surface area contributed by atoms with Crippen LogP contribution in [0.3, 0.4) is 0 Å². The second-order valence-corrected chi connectivity index (χ2v) is 6.95. The number of hydrogen-bond acceptors (Lipinski definition) is 4. The van der Waals surface area contributed by atoms with Crippen LogP contribution in [0, 0.1) is 0 Å². The molecule has 0 radical (unpaired) electrons. The molecule has 21 heavy (non-hydrogen) atoms. The first-order valence-electron chi connectivity index (χ1n) is 7.57. The zero-order valence-electron chi connectivity index (χ0n) is 12.3. The first-order chi connectivity index (χ1) is 10.1. The summed E-state index contributed by atoms with van der Waals surface area (Å²) in [6, 6.07) is 4.19. The van der Waals surface area contributed by atoms with Crippen LogP contribution in [-0.4, -0.2) is 42.4 Å². The minimum Gasteiger partial charge on any atom is -0.493 e. The quantitative estimate of drug-likeness (QED) is 0.796. The lowest BCUT2D eigenvalue weighted by molar-refractivity contribution is 0.0927. The summed E-state index contributed by atoms with van der Waals surface area (Å²) in [4.78, 5) is 2.32. The summed E-state index contributed by atoms with van der Waals surface area (Å²) in [5.41, 5.74) is 3.76. The van der Waals surface area contributed by atoms with Gasteiger partial charge in [-0.3, -0.25) is 4.90 Å². The van der Waals surface area contributed by atoms with Crippen LogP contribution in [0.1, 0.15) is 24.0 Å². The minimum absolute atomic E-state index is 0.00377. The van der Waals surface area contributed by atoms with Crippen LogP contribution < -0.4 is 9.47 Å². The van der Waals surface area contributed by atoms with Gasteiger partial charge in [0.15, 0.2) is 11.5 Å². The van der Waals surface area contributed by atoms with E-state index in [-0.39, 0.29) is 11.0 Å². The van der Waals surface area contributed by atoms with E-state index in [1.165, 1.54) is 16.7 Å². The van der Waals surface area contributed by atoms with E-state index in [4.69, 9.17) is 9.47 Å². The molecule has 4 nitrogen and oxygen atoms in total. The molecular weight excluding hydrogens is 266 g/mol. The Balaban J connectivity index is 1.82. The maximum Gasteiger partial charge on any atom is 0.166 e. The smallest absolute Gasteiger partial charge is 0.166 e. The molecular formula is C17H19NO3. The number of aliphatic hydroxyl groups excluding tert-OH is 1. The van der Waals surface area contributed by atoms with E-state index in [1.807, 2.05) is 6.07 Å². The monoisotopic (exact) mass is 285 g/mol. The fraction of sp³-hybridized carbons (Fsp3) is 0.529. The van der Waals surface area contributed by atoms with Crippen molar-refractivity contribution in [3.63, 3.8) is 0 Å². The number of likely N-dealkylation sites (N-methyl/N-ethyl adjacent to an activating group) is 1. The Hall–Kier alpha value is -1.52. The lowest BCUT2D eigenvalue weighted by atomic mass is 9.78. The minimum atomic E-state index is -0.397. The third-order valence-electron chi connectivity index (χ3n) is 5.72. The second kappa shape index (κ2) is 3.45. The van der Waals surface area contributed by atoms with E-state index in [0.717, 1.165) is 31.0 Å². The predicted octanol–water partition coefficient (Wildman–Crippen LogP) is 1.60. The van der Waals surface area contributed by atoms with Gasteiger partial charge in [0.25, 0.3) is 0 Å².